The smallest absolute Gasteiger partial charge is 0.0589 e. The molecule has 1 rings (SSSR count). The molecule has 0 spiro atoms. The third kappa shape index (κ3) is 1.83. The summed E-state index contributed by atoms with van der Waals surface area (Å²) in [6.45, 7) is 6.09. The van der Waals surface area contributed by atoms with Crippen LogP contribution in [0.3, 0.4) is 0 Å². The summed E-state index contributed by atoms with van der Waals surface area (Å²) in [5.41, 5.74) is 2.37. The highest BCUT2D eigenvalue weighted by atomic mass is 32.1. The monoisotopic (exact) mass is 179 g/mol. The molecular formula is C10H13NS. The first-order chi connectivity index (χ1) is 5.79. The van der Waals surface area contributed by atoms with Gasteiger partial charge in [-0.05, 0) is 38.4 Å². The number of allylic oxidation sites excluding steroid dienone is 2. The molecule has 0 saturated carbocycles. The Morgan fingerprint density at radius 2 is 1.83 bits per heavy atom. The van der Waals surface area contributed by atoms with Crippen LogP contribution in [0, 0.1) is 6.92 Å². The molecule has 2 heteroatoms. The Hall–Kier alpha value is -0.890. The molecule has 0 amide bonds. The highest BCUT2D eigenvalue weighted by molar-refractivity contribution is 7.07. The summed E-state index contributed by atoms with van der Waals surface area (Å²) in [5.74, 6) is 0. The lowest BCUT2D eigenvalue weighted by Gasteiger charge is -1.90. The molecule has 12 heavy (non-hydrogen) atoms. The van der Waals surface area contributed by atoms with E-state index in [2.05, 4.69) is 16.5 Å². The van der Waals surface area contributed by atoms with E-state index in [1.54, 1.807) is 11.5 Å². The van der Waals surface area contributed by atoms with Gasteiger partial charge in [0.2, 0.25) is 0 Å². The van der Waals surface area contributed by atoms with Crippen molar-refractivity contribution in [2.75, 3.05) is 0 Å². The van der Waals surface area contributed by atoms with Gasteiger partial charge in [-0.1, -0.05) is 18.2 Å². The van der Waals surface area contributed by atoms with Gasteiger partial charge in [0.15, 0.2) is 0 Å². The molecule has 0 atom stereocenters. The maximum Gasteiger partial charge on any atom is 0.0589 e. The van der Waals surface area contributed by atoms with Gasteiger partial charge in [0, 0.05) is 5.56 Å². The quantitative estimate of drug-likeness (QED) is 0.677. The van der Waals surface area contributed by atoms with Gasteiger partial charge in [-0.25, -0.2) is 0 Å². The summed E-state index contributed by atoms with van der Waals surface area (Å²) < 4.78 is 4.29. The number of aryl methyl sites for hydroxylation is 1. The van der Waals surface area contributed by atoms with Crippen molar-refractivity contribution in [1.29, 1.82) is 0 Å². The molecule has 0 aliphatic carbocycles. The molecule has 0 unspecified atom stereocenters. The average molecular weight is 179 g/mol. The van der Waals surface area contributed by atoms with Crippen LogP contribution in [0.4, 0.5) is 0 Å². The fraction of sp³-hybridized carbons (Fsp3) is 0.300. The van der Waals surface area contributed by atoms with E-state index in [1.165, 1.54) is 10.4 Å². The molecule has 0 aliphatic rings. The Morgan fingerprint density at radius 1 is 1.17 bits per heavy atom. The highest BCUT2D eigenvalue weighted by Gasteiger charge is 2.03. The Bertz CT molecular complexity index is 308. The van der Waals surface area contributed by atoms with Gasteiger partial charge in [0.05, 0.1) is 10.6 Å². The molecule has 1 heterocycles. The predicted octanol–water partition coefficient (Wildman–Crippen LogP) is 3.52. The van der Waals surface area contributed by atoms with E-state index in [0.29, 0.717) is 0 Å². The van der Waals surface area contributed by atoms with Crippen LogP contribution in [-0.4, -0.2) is 4.37 Å². The molecule has 0 radical (unpaired) electrons. The molecule has 1 aromatic rings. The summed E-state index contributed by atoms with van der Waals surface area (Å²) in [4.78, 5) is 1.24. The zero-order valence-corrected chi connectivity index (χ0v) is 8.48. The minimum atomic E-state index is 1.12. The zero-order valence-electron chi connectivity index (χ0n) is 7.66. The van der Waals surface area contributed by atoms with E-state index >= 15 is 0 Å². The van der Waals surface area contributed by atoms with E-state index in [-0.39, 0.29) is 0 Å². The van der Waals surface area contributed by atoms with Crippen LogP contribution in [0.25, 0.3) is 12.2 Å². The Labute approximate surface area is 77.6 Å². The molecule has 1 aromatic heterocycles. The minimum Gasteiger partial charge on any atom is -0.197 e. The van der Waals surface area contributed by atoms with Crippen LogP contribution in [0.5, 0.6) is 0 Å². The Balaban J connectivity index is 3.12. The number of rotatable bonds is 2. The normalized spacial score (nSPS) is 11.9. The van der Waals surface area contributed by atoms with Crippen LogP contribution < -0.4 is 0 Å². The van der Waals surface area contributed by atoms with E-state index in [9.17, 15) is 0 Å². The number of hydrogen-bond donors (Lipinski definition) is 0. The van der Waals surface area contributed by atoms with E-state index in [1.807, 2.05) is 32.9 Å². The van der Waals surface area contributed by atoms with E-state index in [4.69, 9.17) is 0 Å². The lowest BCUT2D eigenvalue weighted by atomic mass is 10.2. The SMILES string of the molecule is C/C=C\c1snc(C)c1/C=C\C. The minimum absolute atomic E-state index is 1.12. The van der Waals surface area contributed by atoms with Crippen molar-refractivity contribution in [3.05, 3.63) is 28.3 Å². The van der Waals surface area contributed by atoms with Crippen molar-refractivity contribution in [2.45, 2.75) is 20.8 Å². The molecule has 0 saturated heterocycles. The molecule has 0 aromatic carbocycles. The Kier molecular flexibility index (Phi) is 3.23. The van der Waals surface area contributed by atoms with Crippen LogP contribution in [-0.2, 0) is 0 Å². The van der Waals surface area contributed by atoms with Crippen molar-refractivity contribution in [3.8, 4) is 0 Å². The molecule has 1 nitrogen and oxygen atoms in total. The fourth-order valence-electron chi connectivity index (χ4n) is 1.04. The molecule has 0 fully saturated rings. The van der Waals surface area contributed by atoms with Crippen molar-refractivity contribution in [1.82, 2.24) is 4.37 Å². The summed E-state index contributed by atoms with van der Waals surface area (Å²) >= 11 is 1.55. The summed E-state index contributed by atoms with van der Waals surface area (Å²) in [6, 6.07) is 0. The largest absolute Gasteiger partial charge is 0.197 e. The van der Waals surface area contributed by atoms with Gasteiger partial charge in [-0.2, -0.15) is 4.37 Å². The second-order valence-electron chi connectivity index (χ2n) is 2.55. The average Bonchev–Trinajstić information content (AvgIpc) is 2.37. The molecule has 0 bridgehead atoms. The van der Waals surface area contributed by atoms with E-state index in [0.717, 1.165) is 5.69 Å². The van der Waals surface area contributed by atoms with Gasteiger partial charge in [0.25, 0.3) is 0 Å². The third-order valence-corrected chi connectivity index (χ3v) is 2.51. The molecule has 0 N–H and O–H groups in total. The number of aromatic nitrogens is 1. The number of nitrogens with zero attached hydrogens (tertiary/aromatic N) is 1. The second kappa shape index (κ2) is 4.21. The lowest BCUT2D eigenvalue weighted by Crippen LogP contribution is -1.75. The van der Waals surface area contributed by atoms with Crippen LogP contribution in [0.2, 0.25) is 0 Å². The first kappa shape index (κ1) is 9.20. The molecule has 64 valence electrons. The van der Waals surface area contributed by atoms with Gasteiger partial charge in [-0.15, -0.1) is 0 Å². The van der Waals surface area contributed by atoms with Crippen molar-refractivity contribution >= 4 is 23.7 Å². The topological polar surface area (TPSA) is 12.9 Å². The van der Waals surface area contributed by atoms with Crippen LogP contribution in [0.1, 0.15) is 30.0 Å². The molecular weight excluding hydrogens is 166 g/mol. The first-order valence-electron chi connectivity index (χ1n) is 4.01. The Morgan fingerprint density at radius 3 is 2.42 bits per heavy atom. The summed E-state index contributed by atoms with van der Waals surface area (Å²) in [6.07, 6.45) is 8.29. The fourth-order valence-corrected chi connectivity index (χ4v) is 1.88. The van der Waals surface area contributed by atoms with Gasteiger partial charge in [-0.3, -0.25) is 0 Å². The van der Waals surface area contributed by atoms with Crippen molar-refractivity contribution < 1.29 is 0 Å². The van der Waals surface area contributed by atoms with E-state index < -0.39 is 0 Å². The number of hydrogen-bond acceptors (Lipinski definition) is 2. The standard InChI is InChI=1S/C10H13NS/c1-4-6-9-8(3)11-12-10(9)7-5-2/h4-7H,1-3H3/b6-4-,7-5-. The predicted molar refractivity (Wildman–Crippen MR) is 56.3 cm³/mol. The molecule has 0 aliphatic heterocycles. The summed E-state index contributed by atoms with van der Waals surface area (Å²) in [7, 11) is 0. The van der Waals surface area contributed by atoms with Crippen LogP contribution in [0.15, 0.2) is 12.2 Å². The maximum atomic E-state index is 4.29. The third-order valence-electron chi connectivity index (χ3n) is 1.59. The van der Waals surface area contributed by atoms with Crippen LogP contribution >= 0.6 is 11.5 Å². The van der Waals surface area contributed by atoms with Crippen molar-refractivity contribution in [2.24, 2.45) is 0 Å². The highest BCUT2D eigenvalue weighted by Crippen LogP contribution is 2.21. The zero-order chi connectivity index (χ0) is 8.97. The maximum absolute atomic E-state index is 4.29. The first-order valence-corrected chi connectivity index (χ1v) is 4.78. The van der Waals surface area contributed by atoms with Crippen molar-refractivity contribution in [3.63, 3.8) is 0 Å². The lowest BCUT2D eigenvalue weighted by molar-refractivity contribution is 1.33. The summed E-state index contributed by atoms with van der Waals surface area (Å²) in [5, 5.41) is 0. The van der Waals surface area contributed by atoms with Gasteiger partial charge < -0.3 is 0 Å². The van der Waals surface area contributed by atoms with Gasteiger partial charge >= 0.3 is 0 Å². The van der Waals surface area contributed by atoms with Gasteiger partial charge in [0.1, 0.15) is 0 Å². The second-order valence-corrected chi connectivity index (χ2v) is 3.35.